The molecule has 3 nitrogen and oxygen atoms in total. The van der Waals surface area contributed by atoms with E-state index in [1.807, 2.05) is 24.4 Å². The quantitative estimate of drug-likeness (QED) is 0.672. The van der Waals surface area contributed by atoms with E-state index in [1.54, 1.807) is 0 Å². The fourth-order valence-electron chi connectivity index (χ4n) is 2.40. The number of hydrogen-bond acceptors (Lipinski definition) is 2. The van der Waals surface area contributed by atoms with Crippen LogP contribution in [0.25, 0.3) is 11.2 Å². The lowest BCUT2D eigenvalue weighted by Gasteiger charge is -2.07. The van der Waals surface area contributed by atoms with Gasteiger partial charge in [-0.25, -0.2) is 9.97 Å². The molecule has 2 heterocycles. The van der Waals surface area contributed by atoms with Crippen molar-refractivity contribution in [2.24, 2.45) is 0 Å². The Kier molecular flexibility index (Phi) is 3.97. The van der Waals surface area contributed by atoms with E-state index < -0.39 is 0 Å². The number of aryl methyl sites for hydroxylation is 3. The smallest absolute Gasteiger partial charge is 0.159 e. The number of rotatable bonds is 5. The molecule has 0 N–H and O–H groups in total. The van der Waals surface area contributed by atoms with Crippen molar-refractivity contribution in [3.63, 3.8) is 0 Å². The van der Waals surface area contributed by atoms with Crippen LogP contribution in [0.1, 0.15) is 11.4 Å². The van der Waals surface area contributed by atoms with Crippen LogP contribution in [0.4, 0.5) is 0 Å². The molecule has 0 bridgehead atoms. The van der Waals surface area contributed by atoms with Gasteiger partial charge in [0.05, 0.1) is 0 Å². The Morgan fingerprint density at radius 2 is 1.85 bits per heavy atom. The summed E-state index contributed by atoms with van der Waals surface area (Å²) in [5.41, 5.74) is 3.21. The van der Waals surface area contributed by atoms with Crippen LogP contribution in [0.15, 0.2) is 48.7 Å². The zero-order chi connectivity index (χ0) is 13.8. The molecule has 1 aromatic carbocycles. The Bertz CT molecular complexity index is 691. The number of nitrogens with zero attached hydrogens (tertiary/aromatic N) is 3. The summed E-state index contributed by atoms with van der Waals surface area (Å²) in [6.45, 7) is 0.879. The average molecular weight is 286 g/mol. The number of alkyl halides is 1. The lowest BCUT2D eigenvalue weighted by molar-refractivity contribution is 0.670. The van der Waals surface area contributed by atoms with Crippen molar-refractivity contribution in [1.29, 1.82) is 0 Å². The number of pyridine rings is 1. The minimum atomic E-state index is 0.578. The van der Waals surface area contributed by atoms with Gasteiger partial charge in [-0.2, -0.15) is 0 Å². The third-order valence-electron chi connectivity index (χ3n) is 3.37. The Morgan fingerprint density at radius 3 is 2.65 bits per heavy atom. The molecule has 0 radical (unpaired) electrons. The Balaban J connectivity index is 1.90. The monoisotopic (exact) mass is 285 g/mol. The van der Waals surface area contributed by atoms with Crippen molar-refractivity contribution in [2.75, 3.05) is 5.88 Å². The fraction of sp³-hybridized carbons (Fsp3) is 0.250. The van der Waals surface area contributed by atoms with Gasteiger partial charge in [-0.15, -0.1) is 11.6 Å². The van der Waals surface area contributed by atoms with E-state index in [9.17, 15) is 0 Å². The molecule has 0 saturated heterocycles. The van der Waals surface area contributed by atoms with Crippen LogP contribution in [0.5, 0.6) is 0 Å². The predicted octanol–water partition coefficient (Wildman–Crippen LogP) is 3.46. The highest BCUT2D eigenvalue weighted by molar-refractivity contribution is 6.17. The molecule has 0 spiro atoms. The van der Waals surface area contributed by atoms with Crippen LogP contribution in [0, 0.1) is 0 Å². The van der Waals surface area contributed by atoms with E-state index in [0.717, 1.165) is 36.4 Å². The maximum Gasteiger partial charge on any atom is 0.159 e. The molecule has 0 aliphatic rings. The molecule has 4 heteroatoms. The molecule has 0 amide bonds. The summed E-state index contributed by atoms with van der Waals surface area (Å²) >= 11 is 5.88. The second-order valence-corrected chi connectivity index (χ2v) is 5.08. The van der Waals surface area contributed by atoms with Gasteiger partial charge in [-0.3, -0.25) is 0 Å². The van der Waals surface area contributed by atoms with Gasteiger partial charge < -0.3 is 4.57 Å². The van der Waals surface area contributed by atoms with Crippen molar-refractivity contribution in [3.05, 3.63) is 60.0 Å². The zero-order valence-electron chi connectivity index (χ0n) is 11.2. The maximum absolute atomic E-state index is 5.88. The first kappa shape index (κ1) is 13.1. The molecule has 0 unspecified atom stereocenters. The number of hydrogen-bond donors (Lipinski definition) is 0. The van der Waals surface area contributed by atoms with E-state index in [1.165, 1.54) is 5.56 Å². The molecule has 0 atom stereocenters. The first-order valence-corrected chi connectivity index (χ1v) is 7.32. The van der Waals surface area contributed by atoms with E-state index in [2.05, 4.69) is 38.8 Å². The molecule has 0 aliphatic heterocycles. The first-order valence-electron chi connectivity index (χ1n) is 6.78. The summed E-state index contributed by atoms with van der Waals surface area (Å²) in [6.07, 6.45) is 3.55. The van der Waals surface area contributed by atoms with Crippen molar-refractivity contribution in [2.45, 2.75) is 19.4 Å². The van der Waals surface area contributed by atoms with E-state index in [-0.39, 0.29) is 0 Å². The summed E-state index contributed by atoms with van der Waals surface area (Å²) in [6, 6.07) is 14.4. The van der Waals surface area contributed by atoms with Gasteiger partial charge in [-0.05, 0) is 24.1 Å². The fourth-order valence-corrected chi connectivity index (χ4v) is 2.57. The predicted molar refractivity (Wildman–Crippen MR) is 82.1 cm³/mol. The van der Waals surface area contributed by atoms with Crippen LogP contribution in [0.3, 0.4) is 0 Å². The van der Waals surface area contributed by atoms with Gasteiger partial charge in [0.15, 0.2) is 5.65 Å². The standard InChI is InChI=1S/C16H16ClN3/c17-10-8-15-19-14-7-4-11-18-16(14)20(15)12-9-13-5-2-1-3-6-13/h1-7,11H,8-10,12H2. The lowest BCUT2D eigenvalue weighted by atomic mass is 10.1. The minimum Gasteiger partial charge on any atom is -0.312 e. The molecule has 0 aliphatic carbocycles. The number of aromatic nitrogens is 3. The molecule has 3 aromatic rings. The van der Waals surface area contributed by atoms with Crippen LogP contribution in [0.2, 0.25) is 0 Å². The van der Waals surface area contributed by atoms with Crippen LogP contribution in [-0.4, -0.2) is 20.4 Å². The zero-order valence-corrected chi connectivity index (χ0v) is 11.9. The van der Waals surface area contributed by atoms with Crippen molar-refractivity contribution >= 4 is 22.8 Å². The topological polar surface area (TPSA) is 30.7 Å². The summed E-state index contributed by atoms with van der Waals surface area (Å²) in [5.74, 6) is 1.60. The molecular weight excluding hydrogens is 270 g/mol. The van der Waals surface area contributed by atoms with Gasteiger partial charge >= 0.3 is 0 Å². The van der Waals surface area contributed by atoms with Gasteiger partial charge in [0.25, 0.3) is 0 Å². The third-order valence-corrected chi connectivity index (χ3v) is 3.56. The van der Waals surface area contributed by atoms with Crippen LogP contribution >= 0.6 is 11.6 Å². The highest BCUT2D eigenvalue weighted by Gasteiger charge is 2.10. The van der Waals surface area contributed by atoms with Crippen molar-refractivity contribution in [1.82, 2.24) is 14.5 Å². The normalized spacial score (nSPS) is 11.1. The van der Waals surface area contributed by atoms with Crippen molar-refractivity contribution < 1.29 is 0 Å². The van der Waals surface area contributed by atoms with Crippen LogP contribution < -0.4 is 0 Å². The molecule has 2 aromatic heterocycles. The number of benzene rings is 1. The van der Waals surface area contributed by atoms with Gasteiger partial charge in [0.2, 0.25) is 0 Å². The number of fused-ring (bicyclic) bond motifs is 1. The number of imidazole rings is 1. The third kappa shape index (κ3) is 2.68. The first-order chi connectivity index (χ1) is 9.88. The lowest BCUT2D eigenvalue weighted by Crippen LogP contribution is -2.07. The summed E-state index contributed by atoms with van der Waals surface area (Å²) in [4.78, 5) is 9.08. The van der Waals surface area contributed by atoms with E-state index >= 15 is 0 Å². The van der Waals surface area contributed by atoms with Crippen molar-refractivity contribution in [3.8, 4) is 0 Å². The molecule has 0 fully saturated rings. The molecule has 0 saturated carbocycles. The molecular formula is C16H16ClN3. The average Bonchev–Trinajstić information content (AvgIpc) is 2.84. The highest BCUT2D eigenvalue weighted by Crippen LogP contribution is 2.15. The maximum atomic E-state index is 5.88. The molecule has 3 rings (SSSR count). The minimum absolute atomic E-state index is 0.578. The highest BCUT2D eigenvalue weighted by atomic mass is 35.5. The Labute approximate surface area is 123 Å². The summed E-state index contributed by atoms with van der Waals surface area (Å²) in [7, 11) is 0. The van der Waals surface area contributed by atoms with E-state index in [0.29, 0.717) is 5.88 Å². The van der Waals surface area contributed by atoms with Crippen LogP contribution in [-0.2, 0) is 19.4 Å². The second kappa shape index (κ2) is 6.06. The van der Waals surface area contributed by atoms with Gasteiger partial charge in [0, 0.05) is 25.0 Å². The SMILES string of the molecule is ClCCc1nc2cccnc2n1CCc1ccccc1. The number of halogens is 1. The summed E-state index contributed by atoms with van der Waals surface area (Å²) in [5, 5.41) is 0. The van der Waals surface area contributed by atoms with Gasteiger partial charge in [-0.1, -0.05) is 30.3 Å². The Hall–Kier alpha value is -1.87. The Morgan fingerprint density at radius 1 is 1.00 bits per heavy atom. The molecule has 20 heavy (non-hydrogen) atoms. The summed E-state index contributed by atoms with van der Waals surface area (Å²) < 4.78 is 2.19. The molecule has 102 valence electrons. The second-order valence-electron chi connectivity index (χ2n) is 4.70. The largest absolute Gasteiger partial charge is 0.312 e. The van der Waals surface area contributed by atoms with Gasteiger partial charge in [0.1, 0.15) is 11.3 Å². The van der Waals surface area contributed by atoms with E-state index in [4.69, 9.17) is 11.6 Å².